The zero-order chi connectivity index (χ0) is 29.2. The average Bonchev–Trinajstić information content (AvgIpc) is 3.43. The zero-order valence-corrected chi connectivity index (χ0v) is 26.2. The molecule has 14 heteroatoms. The number of ketones is 1. The van der Waals surface area contributed by atoms with Crippen LogP contribution in [-0.2, 0) is 32.7 Å². The highest BCUT2D eigenvalue weighted by atomic mass is 33.1. The summed E-state index contributed by atoms with van der Waals surface area (Å²) in [5, 5.41) is 9.86. The van der Waals surface area contributed by atoms with Gasteiger partial charge in [0.25, 0.3) is 0 Å². The van der Waals surface area contributed by atoms with Crippen LogP contribution in [0.25, 0.3) is 0 Å². The number of aliphatic hydroxyl groups is 1. The lowest BCUT2D eigenvalue weighted by molar-refractivity contribution is -0.133. The van der Waals surface area contributed by atoms with Crippen molar-refractivity contribution >= 4 is 47.0 Å². The highest BCUT2D eigenvalue weighted by Gasteiger charge is 2.41. The lowest BCUT2D eigenvalue weighted by atomic mass is 10.1. The van der Waals surface area contributed by atoms with Crippen molar-refractivity contribution < 1.29 is 42.7 Å². The van der Waals surface area contributed by atoms with E-state index in [0.717, 1.165) is 11.5 Å². The van der Waals surface area contributed by atoms with Gasteiger partial charge in [-0.05, 0) is 33.1 Å². The van der Waals surface area contributed by atoms with E-state index in [1.807, 2.05) is 27.7 Å². The molecule has 0 saturated carbocycles. The van der Waals surface area contributed by atoms with Crippen molar-refractivity contribution in [2.24, 2.45) is 5.92 Å². The summed E-state index contributed by atoms with van der Waals surface area (Å²) < 4.78 is 29.1. The summed E-state index contributed by atoms with van der Waals surface area (Å²) in [6.07, 6.45) is 0.718. The van der Waals surface area contributed by atoms with Crippen molar-refractivity contribution in [3.8, 4) is 0 Å². The smallest absolute Gasteiger partial charge is 0.391 e. The first-order valence-electron chi connectivity index (χ1n) is 13.6. The van der Waals surface area contributed by atoms with E-state index in [1.54, 1.807) is 26.5 Å². The fourth-order valence-electron chi connectivity index (χ4n) is 4.53. The number of aliphatic hydroxyl groups excluding tert-OH is 1. The van der Waals surface area contributed by atoms with Crippen LogP contribution in [0.1, 0.15) is 66.7 Å². The molecule has 2 N–H and O–H groups in total. The monoisotopic (exact) mass is 612 g/mol. The van der Waals surface area contributed by atoms with Gasteiger partial charge in [-0.15, -0.1) is 0 Å². The molecule has 2 saturated heterocycles. The summed E-state index contributed by atoms with van der Waals surface area (Å²) in [5.41, 5.74) is 0. The molecule has 0 aromatic heterocycles. The minimum atomic E-state index is -4.47. The van der Waals surface area contributed by atoms with Crippen LogP contribution >= 0.6 is 29.4 Å². The first-order chi connectivity index (χ1) is 18.3. The van der Waals surface area contributed by atoms with Crippen LogP contribution in [-0.4, -0.2) is 106 Å². The van der Waals surface area contributed by atoms with Crippen LogP contribution in [0.2, 0.25) is 0 Å². The maximum absolute atomic E-state index is 13.0. The third kappa shape index (κ3) is 12.4. The van der Waals surface area contributed by atoms with Crippen LogP contribution < -0.4 is 0 Å². The number of hydrogen-bond donors (Lipinski definition) is 2. The normalized spacial score (nSPS) is 25.1. The Hall–Kier alpha value is -0.660. The average molecular weight is 613 g/mol. The van der Waals surface area contributed by atoms with E-state index in [-0.39, 0.29) is 61.8 Å². The minimum Gasteiger partial charge on any atom is -0.391 e. The number of ether oxygens (including phenoxy) is 1. The second-order valence-corrected chi connectivity index (χ2v) is 14.8. The highest BCUT2D eigenvalue weighted by Crippen LogP contribution is 2.47. The van der Waals surface area contributed by atoms with Crippen LogP contribution in [0, 0.1) is 5.92 Å². The number of hydrogen-bond acceptors (Lipinski definition) is 10. The number of amides is 2. The summed E-state index contributed by atoms with van der Waals surface area (Å²) in [4.78, 5) is 49.9. The van der Waals surface area contributed by atoms with Crippen LogP contribution in [0.15, 0.2) is 0 Å². The summed E-state index contributed by atoms with van der Waals surface area (Å²) in [6.45, 7) is 9.35. The van der Waals surface area contributed by atoms with Crippen LogP contribution in [0.3, 0.4) is 0 Å². The second-order valence-electron chi connectivity index (χ2n) is 10.6. The van der Waals surface area contributed by atoms with Gasteiger partial charge in [-0.2, -0.15) is 0 Å². The van der Waals surface area contributed by atoms with Gasteiger partial charge in [0.05, 0.1) is 43.6 Å². The molecule has 0 aliphatic carbocycles. The maximum atomic E-state index is 13.0. The Morgan fingerprint density at radius 1 is 0.974 bits per heavy atom. The van der Waals surface area contributed by atoms with Crippen LogP contribution in [0.5, 0.6) is 0 Å². The summed E-state index contributed by atoms with van der Waals surface area (Å²) in [7, 11) is -1.18. The standard InChI is InChI=1S/C25H45N2O9PS2/c1-17(2)24(30)8-10-39-38-9-6-7-25(31)27-14-23(12-21(27)15-34-18(3)4)36-37(32,33)35-16-20-11-22(29)13-26(20)19(5)28/h17-18,20-23,29H,6-16H2,1-5H3,(H,32,33)/t20-,21-,22+,23+/m0/s1. The topological polar surface area (TPSA) is 143 Å². The molecule has 2 rings (SSSR count). The minimum absolute atomic E-state index is 0.0313. The van der Waals surface area contributed by atoms with Gasteiger partial charge >= 0.3 is 7.82 Å². The first kappa shape index (κ1) is 34.5. The summed E-state index contributed by atoms with van der Waals surface area (Å²) in [6, 6.07) is -0.797. The molecule has 0 bridgehead atoms. The van der Waals surface area contributed by atoms with Crippen molar-refractivity contribution in [1.29, 1.82) is 0 Å². The van der Waals surface area contributed by atoms with E-state index < -0.39 is 26.1 Å². The number of carbonyl (C=O) groups is 3. The molecule has 0 spiro atoms. The van der Waals surface area contributed by atoms with Crippen LogP contribution in [0.4, 0.5) is 0 Å². The Kier molecular flexibility index (Phi) is 14.8. The number of phosphoric ester groups is 1. The van der Waals surface area contributed by atoms with Gasteiger partial charge in [-0.1, -0.05) is 35.4 Å². The molecule has 2 aliphatic heterocycles. The van der Waals surface area contributed by atoms with Gasteiger partial charge in [0.1, 0.15) is 5.78 Å². The van der Waals surface area contributed by atoms with Gasteiger partial charge < -0.3 is 24.5 Å². The number of Topliss-reactive ketones (excluding diaryl/α,β-unsaturated/α-hetero) is 1. The van der Waals surface area contributed by atoms with Crippen molar-refractivity contribution in [2.45, 2.75) is 97.1 Å². The Morgan fingerprint density at radius 2 is 1.64 bits per heavy atom. The number of rotatable bonds is 17. The molecule has 5 atom stereocenters. The highest BCUT2D eigenvalue weighted by molar-refractivity contribution is 8.76. The first-order valence-corrected chi connectivity index (χ1v) is 17.6. The Labute approximate surface area is 240 Å². The molecular formula is C25H45N2O9PS2. The lowest BCUT2D eigenvalue weighted by Crippen LogP contribution is -2.39. The van der Waals surface area contributed by atoms with Crippen molar-refractivity contribution in [3.05, 3.63) is 0 Å². The third-order valence-corrected chi connectivity index (χ3v) is 10.1. The summed E-state index contributed by atoms with van der Waals surface area (Å²) in [5.74, 6) is 1.54. The van der Waals surface area contributed by atoms with Gasteiger partial charge in [-0.25, -0.2) is 4.57 Å². The number of β-amino-alcohol motifs (C(OH)–C–C–N with tert-alkyl or cyclic N) is 1. The summed E-state index contributed by atoms with van der Waals surface area (Å²) >= 11 is 0. The van der Waals surface area contributed by atoms with Gasteiger partial charge in [-0.3, -0.25) is 23.4 Å². The quantitative estimate of drug-likeness (QED) is 0.142. The Morgan fingerprint density at radius 3 is 2.28 bits per heavy atom. The maximum Gasteiger partial charge on any atom is 0.472 e. The zero-order valence-electron chi connectivity index (χ0n) is 23.7. The molecule has 11 nitrogen and oxygen atoms in total. The van der Waals surface area contributed by atoms with Crippen molar-refractivity contribution in [3.63, 3.8) is 0 Å². The van der Waals surface area contributed by atoms with E-state index in [2.05, 4.69) is 0 Å². The molecule has 226 valence electrons. The molecular weight excluding hydrogens is 567 g/mol. The van der Waals surface area contributed by atoms with E-state index in [0.29, 0.717) is 32.3 Å². The van der Waals surface area contributed by atoms with E-state index >= 15 is 0 Å². The largest absolute Gasteiger partial charge is 0.472 e. The molecule has 2 aliphatic rings. The molecule has 0 aromatic carbocycles. The lowest BCUT2D eigenvalue weighted by Gasteiger charge is -2.25. The van der Waals surface area contributed by atoms with Gasteiger partial charge in [0, 0.05) is 50.3 Å². The molecule has 2 amide bonds. The van der Waals surface area contributed by atoms with E-state index in [9.17, 15) is 28.9 Å². The molecule has 39 heavy (non-hydrogen) atoms. The van der Waals surface area contributed by atoms with Crippen molar-refractivity contribution in [2.75, 3.05) is 37.8 Å². The number of phosphoric acid groups is 1. The molecule has 2 heterocycles. The molecule has 0 radical (unpaired) electrons. The van der Waals surface area contributed by atoms with E-state index in [1.165, 1.54) is 11.8 Å². The number of carbonyl (C=O) groups excluding carboxylic acids is 3. The second kappa shape index (κ2) is 16.7. The Bertz CT molecular complexity index is 863. The Balaban J connectivity index is 1.83. The predicted octanol–water partition coefficient (Wildman–Crippen LogP) is 3.27. The fraction of sp³-hybridized carbons (Fsp3) is 0.880. The molecule has 0 aromatic rings. The van der Waals surface area contributed by atoms with Crippen molar-refractivity contribution in [1.82, 2.24) is 9.80 Å². The van der Waals surface area contributed by atoms with Gasteiger partial charge in [0.15, 0.2) is 0 Å². The van der Waals surface area contributed by atoms with E-state index in [4.69, 9.17) is 13.8 Å². The third-order valence-electron chi connectivity index (χ3n) is 6.60. The number of nitrogens with zero attached hydrogens (tertiary/aromatic N) is 2. The SMILES string of the molecule is CC(=O)N1C[C@H](O)C[C@H]1COP(=O)(O)O[C@@H]1C[C@@H](COC(C)C)N(C(=O)CCCSSCCC(=O)C(C)C)C1. The number of likely N-dealkylation sites (tertiary alicyclic amines) is 2. The predicted molar refractivity (Wildman–Crippen MR) is 152 cm³/mol. The van der Waals surface area contributed by atoms with Gasteiger partial charge in [0.2, 0.25) is 11.8 Å². The molecule has 2 fully saturated rings. The fourth-order valence-corrected chi connectivity index (χ4v) is 7.57. The molecule has 1 unspecified atom stereocenters.